The number of hydrogen-bond donors (Lipinski definition) is 1. The van der Waals surface area contributed by atoms with E-state index in [9.17, 15) is 0 Å². The Morgan fingerprint density at radius 2 is 1.65 bits per heavy atom. The van der Waals surface area contributed by atoms with E-state index in [2.05, 4.69) is 83.9 Å². The van der Waals surface area contributed by atoms with Crippen molar-refractivity contribution in [1.29, 1.82) is 0 Å². The van der Waals surface area contributed by atoms with Crippen molar-refractivity contribution in [3.63, 3.8) is 0 Å². The first-order chi connectivity index (χ1) is 12.8. The highest BCUT2D eigenvalue weighted by atomic mass is 16.5. The number of anilines is 1. The minimum atomic E-state index is 0.306. The van der Waals surface area contributed by atoms with Crippen LogP contribution in [0.1, 0.15) is 24.1 Å². The molecule has 3 heteroatoms. The van der Waals surface area contributed by atoms with Gasteiger partial charge in [-0.15, -0.1) is 0 Å². The summed E-state index contributed by atoms with van der Waals surface area (Å²) in [5.41, 5.74) is 3.96. The van der Waals surface area contributed by atoms with Gasteiger partial charge in [0.25, 0.3) is 0 Å². The van der Waals surface area contributed by atoms with Crippen LogP contribution < -0.4 is 10.2 Å². The summed E-state index contributed by atoms with van der Waals surface area (Å²) >= 11 is 0. The Labute approximate surface area is 155 Å². The van der Waals surface area contributed by atoms with Gasteiger partial charge in [0, 0.05) is 31.4 Å². The standard InChI is InChI=1S/C23H26N2O/c1-18(22-8-4-6-20-5-2-3-7-23(20)22)24-17-19-9-11-21(12-10-19)25-13-15-26-16-14-25/h2-12,18,24H,13-17H2,1H3/t18-/m1/s1. The Hall–Kier alpha value is -2.36. The third-order valence-corrected chi connectivity index (χ3v) is 5.21. The van der Waals surface area contributed by atoms with E-state index in [-0.39, 0.29) is 0 Å². The molecule has 3 aromatic carbocycles. The lowest BCUT2D eigenvalue weighted by Gasteiger charge is -2.29. The van der Waals surface area contributed by atoms with Gasteiger partial charge >= 0.3 is 0 Å². The van der Waals surface area contributed by atoms with E-state index >= 15 is 0 Å². The first-order valence-corrected chi connectivity index (χ1v) is 9.44. The monoisotopic (exact) mass is 346 g/mol. The van der Waals surface area contributed by atoms with Gasteiger partial charge in [-0.25, -0.2) is 0 Å². The minimum Gasteiger partial charge on any atom is -0.378 e. The zero-order valence-corrected chi connectivity index (χ0v) is 15.3. The van der Waals surface area contributed by atoms with E-state index in [1.165, 1.54) is 27.6 Å². The smallest absolute Gasteiger partial charge is 0.0642 e. The third-order valence-electron chi connectivity index (χ3n) is 5.21. The van der Waals surface area contributed by atoms with E-state index < -0.39 is 0 Å². The molecule has 1 heterocycles. The van der Waals surface area contributed by atoms with Crippen LogP contribution in [0.25, 0.3) is 10.8 Å². The fraction of sp³-hybridized carbons (Fsp3) is 0.304. The maximum absolute atomic E-state index is 5.43. The van der Waals surface area contributed by atoms with Crippen molar-refractivity contribution in [2.75, 3.05) is 31.2 Å². The van der Waals surface area contributed by atoms with Crippen molar-refractivity contribution in [3.05, 3.63) is 77.9 Å². The van der Waals surface area contributed by atoms with Crippen molar-refractivity contribution < 1.29 is 4.74 Å². The molecule has 0 aromatic heterocycles. The number of fused-ring (bicyclic) bond motifs is 1. The van der Waals surface area contributed by atoms with Crippen LogP contribution in [0.3, 0.4) is 0 Å². The molecule has 134 valence electrons. The molecule has 4 rings (SSSR count). The van der Waals surface area contributed by atoms with Crippen LogP contribution in [0.5, 0.6) is 0 Å². The second-order valence-electron chi connectivity index (χ2n) is 6.94. The van der Waals surface area contributed by atoms with Crippen molar-refractivity contribution in [1.82, 2.24) is 5.32 Å². The Morgan fingerprint density at radius 3 is 2.46 bits per heavy atom. The van der Waals surface area contributed by atoms with Gasteiger partial charge in [-0.1, -0.05) is 54.6 Å². The zero-order valence-electron chi connectivity index (χ0n) is 15.3. The molecular formula is C23H26N2O. The first kappa shape index (κ1) is 17.1. The van der Waals surface area contributed by atoms with Crippen molar-refractivity contribution >= 4 is 16.5 Å². The van der Waals surface area contributed by atoms with Crippen LogP contribution in [0.15, 0.2) is 66.7 Å². The Bertz CT molecular complexity index is 848. The van der Waals surface area contributed by atoms with Crippen molar-refractivity contribution in [2.24, 2.45) is 0 Å². The number of benzene rings is 3. The van der Waals surface area contributed by atoms with Crippen molar-refractivity contribution in [3.8, 4) is 0 Å². The molecule has 3 nitrogen and oxygen atoms in total. The molecule has 0 radical (unpaired) electrons. The van der Waals surface area contributed by atoms with Crippen molar-refractivity contribution in [2.45, 2.75) is 19.5 Å². The second-order valence-corrected chi connectivity index (χ2v) is 6.94. The molecule has 0 spiro atoms. The number of nitrogens with one attached hydrogen (secondary N) is 1. The van der Waals surface area contributed by atoms with Crippen LogP contribution in [0.4, 0.5) is 5.69 Å². The van der Waals surface area contributed by atoms with Gasteiger partial charge in [-0.05, 0) is 41.0 Å². The topological polar surface area (TPSA) is 24.5 Å². The van der Waals surface area contributed by atoms with Crippen LogP contribution in [0, 0.1) is 0 Å². The summed E-state index contributed by atoms with van der Waals surface area (Å²) in [4.78, 5) is 2.39. The van der Waals surface area contributed by atoms with Gasteiger partial charge < -0.3 is 15.0 Å². The molecule has 0 amide bonds. The first-order valence-electron chi connectivity index (χ1n) is 9.44. The highest BCUT2D eigenvalue weighted by Crippen LogP contribution is 2.24. The zero-order chi connectivity index (χ0) is 17.8. The highest BCUT2D eigenvalue weighted by Gasteiger charge is 2.11. The lowest BCUT2D eigenvalue weighted by molar-refractivity contribution is 0.122. The average Bonchev–Trinajstić information content (AvgIpc) is 2.72. The molecule has 1 aliphatic heterocycles. The maximum Gasteiger partial charge on any atom is 0.0642 e. The SMILES string of the molecule is C[C@@H](NCc1ccc(N2CCOCC2)cc1)c1cccc2ccccc12. The van der Waals surface area contributed by atoms with Gasteiger partial charge in [-0.3, -0.25) is 0 Å². The summed E-state index contributed by atoms with van der Waals surface area (Å²) < 4.78 is 5.43. The normalized spacial score (nSPS) is 16.0. The molecule has 3 aromatic rings. The van der Waals surface area contributed by atoms with Crippen LogP contribution in [-0.2, 0) is 11.3 Å². The molecule has 0 aliphatic carbocycles. The van der Waals surface area contributed by atoms with Gasteiger partial charge in [0.05, 0.1) is 13.2 Å². The predicted octanol–water partition coefficient (Wildman–Crippen LogP) is 4.53. The summed E-state index contributed by atoms with van der Waals surface area (Å²) in [6.07, 6.45) is 0. The molecule has 0 saturated carbocycles. The summed E-state index contributed by atoms with van der Waals surface area (Å²) in [5, 5.41) is 6.30. The van der Waals surface area contributed by atoms with E-state index in [1.54, 1.807) is 0 Å². The van der Waals surface area contributed by atoms with E-state index in [4.69, 9.17) is 4.74 Å². The van der Waals surface area contributed by atoms with Gasteiger partial charge in [0.2, 0.25) is 0 Å². The van der Waals surface area contributed by atoms with Gasteiger partial charge in [0.1, 0.15) is 0 Å². The van der Waals surface area contributed by atoms with Crippen LogP contribution in [0.2, 0.25) is 0 Å². The highest BCUT2D eigenvalue weighted by molar-refractivity contribution is 5.86. The summed E-state index contributed by atoms with van der Waals surface area (Å²) in [6.45, 7) is 6.72. The fourth-order valence-corrected chi connectivity index (χ4v) is 3.66. The Kier molecular flexibility index (Phi) is 5.19. The quantitative estimate of drug-likeness (QED) is 0.735. The number of rotatable bonds is 5. The maximum atomic E-state index is 5.43. The molecule has 1 saturated heterocycles. The largest absolute Gasteiger partial charge is 0.378 e. The molecule has 0 unspecified atom stereocenters. The van der Waals surface area contributed by atoms with Gasteiger partial charge in [0.15, 0.2) is 0 Å². The molecule has 1 fully saturated rings. The van der Waals surface area contributed by atoms with E-state index in [0.29, 0.717) is 6.04 Å². The molecule has 1 N–H and O–H groups in total. The summed E-state index contributed by atoms with van der Waals surface area (Å²) in [6, 6.07) is 24.4. The average molecular weight is 346 g/mol. The fourth-order valence-electron chi connectivity index (χ4n) is 3.66. The second kappa shape index (κ2) is 7.90. The molecule has 0 bridgehead atoms. The number of ether oxygens (including phenoxy) is 1. The summed E-state index contributed by atoms with van der Waals surface area (Å²) in [7, 11) is 0. The number of morpholine rings is 1. The lowest BCUT2D eigenvalue weighted by Crippen LogP contribution is -2.36. The number of nitrogens with zero attached hydrogens (tertiary/aromatic N) is 1. The summed E-state index contributed by atoms with van der Waals surface area (Å²) in [5.74, 6) is 0. The molecule has 26 heavy (non-hydrogen) atoms. The molecule has 1 aliphatic rings. The third kappa shape index (κ3) is 3.74. The predicted molar refractivity (Wildman–Crippen MR) is 109 cm³/mol. The van der Waals surface area contributed by atoms with E-state index in [0.717, 1.165) is 32.8 Å². The van der Waals surface area contributed by atoms with Gasteiger partial charge in [-0.2, -0.15) is 0 Å². The Morgan fingerprint density at radius 1 is 0.923 bits per heavy atom. The molecular weight excluding hydrogens is 320 g/mol. The molecule has 1 atom stereocenters. The van der Waals surface area contributed by atoms with E-state index in [1.807, 2.05) is 0 Å². The lowest BCUT2D eigenvalue weighted by atomic mass is 9.99. The Balaban J connectivity index is 1.41. The minimum absolute atomic E-state index is 0.306. The van der Waals surface area contributed by atoms with Crippen LogP contribution >= 0.6 is 0 Å². The number of hydrogen-bond acceptors (Lipinski definition) is 3. The van der Waals surface area contributed by atoms with Crippen LogP contribution in [-0.4, -0.2) is 26.3 Å².